The first-order valence-electron chi connectivity index (χ1n) is 4.35. The lowest BCUT2D eigenvalue weighted by molar-refractivity contribution is -0.385. The van der Waals surface area contributed by atoms with Crippen LogP contribution in [0.4, 0.5) is 5.69 Å². The van der Waals surface area contributed by atoms with Crippen molar-refractivity contribution in [3.63, 3.8) is 0 Å². The van der Waals surface area contributed by atoms with Crippen LogP contribution in [0.2, 0.25) is 0 Å². The van der Waals surface area contributed by atoms with Gasteiger partial charge in [-0.1, -0.05) is 0 Å². The normalized spacial score (nSPS) is 9.88. The molecular formula is C7H9N5O5. The monoisotopic (exact) mass is 243 g/mol. The minimum Gasteiger partial charge on any atom is -0.368 e. The Morgan fingerprint density at radius 1 is 1.65 bits per heavy atom. The van der Waals surface area contributed by atoms with Crippen LogP contribution in [0.3, 0.4) is 0 Å². The summed E-state index contributed by atoms with van der Waals surface area (Å²) in [6.07, 6.45) is 2.10. The number of hydrogen-bond acceptors (Lipinski definition) is 6. The number of hydroxylamine groups is 1. The standard InChI is InChI=1S/C7H9N5O5/c8-6(13)4-17-10-7(14)3-11-2-5(1-9-11)12(15)16/h1-2H,3-4H2,(H2,8,13)(H,10,14). The van der Waals surface area contributed by atoms with Crippen molar-refractivity contribution in [2.45, 2.75) is 6.54 Å². The van der Waals surface area contributed by atoms with Crippen molar-refractivity contribution in [2.24, 2.45) is 5.73 Å². The van der Waals surface area contributed by atoms with Crippen LogP contribution in [-0.4, -0.2) is 33.1 Å². The fraction of sp³-hybridized carbons (Fsp3) is 0.286. The molecule has 0 radical (unpaired) electrons. The van der Waals surface area contributed by atoms with Gasteiger partial charge in [-0.15, -0.1) is 0 Å². The van der Waals surface area contributed by atoms with E-state index in [0.717, 1.165) is 17.1 Å². The highest BCUT2D eigenvalue weighted by Crippen LogP contribution is 2.07. The fourth-order valence-corrected chi connectivity index (χ4v) is 0.901. The zero-order valence-corrected chi connectivity index (χ0v) is 8.53. The third kappa shape index (κ3) is 4.25. The van der Waals surface area contributed by atoms with Gasteiger partial charge in [-0.25, -0.2) is 5.48 Å². The second kappa shape index (κ2) is 5.55. The first kappa shape index (κ1) is 12.6. The van der Waals surface area contributed by atoms with Gasteiger partial charge >= 0.3 is 5.69 Å². The largest absolute Gasteiger partial charge is 0.368 e. The summed E-state index contributed by atoms with van der Waals surface area (Å²) >= 11 is 0. The maximum atomic E-state index is 11.2. The Hall–Kier alpha value is -2.49. The molecule has 0 atom stereocenters. The molecule has 0 fully saturated rings. The lowest BCUT2D eigenvalue weighted by atomic mass is 10.6. The highest BCUT2D eigenvalue weighted by atomic mass is 16.7. The molecule has 0 saturated carbocycles. The van der Waals surface area contributed by atoms with Crippen LogP contribution in [0.25, 0.3) is 0 Å². The lowest BCUT2D eigenvalue weighted by Gasteiger charge is -2.03. The molecule has 0 aromatic carbocycles. The number of nitro groups is 1. The summed E-state index contributed by atoms with van der Waals surface area (Å²) in [6.45, 7) is -0.725. The molecule has 0 aliphatic rings. The first-order chi connectivity index (χ1) is 7.99. The number of nitrogens with two attached hydrogens (primary N) is 1. The number of carbonyl (C=O) groups excluding carboxylic acids is 2. The Morgan fingerprint density at radius 2 is 2.35 bits per heavy atom. The summed E-state index contributed by atoms with van der Waals surface area (Å²) in [7, 11) is 0. The van der Waals surface area contributed by atoms with E-state index in [9.17, 15) is 19.7 Å². The van der Waals surface area contributed by atoms with Crippen LogP contribution >= 0.6 is 0 Å². The molecule has 0 saturated heterocycles. The van der Waals surface area contributed by atoms with Crippen LogP contribution < -0.4 is 11.2 Å². The average molecular weight is 243 g/mol. The molecule has 92 valence electrons. The molecule has 0 unspecified atom stereocenters. The molecule has 0 spiro atoms. The molecule has 0 bridgehead atoms. The third-order valence-corrected chi connectivity index (χ3v) is 1.54. The van der Waals surface area contributed by atoms with Crippen molar-refractivity contribution in [3.05, 3.63) is 22.5 Å². The predicted octanol–water partition coefficient (Wildman–Crippen LogP) is -1.68. The Balaban J connectivity index is 2.39. The smallest absolute Gasteiger partial charge is 0.307 e. The zero-order chi connectivity index (χ0) is 12.8. The van der Waals surface area contributed by atoms with Crippen LogP contribution in [0.1, 0.15) is 0 Å². The first-order valence-corrected chi connectivity index (χ1v) is 4.35. The number of nitrogens with zero attached hydrogens (tertiary/aromatic N) is 3. The summed E-state index contributed by atoms with van der Waals surface area (Å²) in [5.74, 6) is -1.36. The van der Waals surface area contributed by atoms with Gasteiger partial charge in [0.25, 0.3) is 5.91 Å². The highest BCUT2D eigenvalue weighted by Gasteiger charge is 2.11. The fourth-order valence-electron chi connectivity index (χ4n) is 0.901. The van der Waals surface area contributed by atoms with Gasteiger partial charge in [0.05, 0.1) is 4.92 Å². The van der Waals surface area contributed by atoms with E-state index in [1.807, 2.05) is 5.48 Å². The number of rotatable bonds is 6. The van der Waals surface area contributed by atoms with Gasteiger partial charge in [-0.3, -0.25) is 29.2 Å². The van der Waals surface area contributed by atoms with E-state index in [0.29, 0.717) is 0 Å². The van der Waals surface area contributed by atoms with Crippen molar-refractivity contribution < 1.29 is 19.3 Å². The second-order valence-electron chi connectivity index (χ2n) is 2.93. The number of aromatic nitrogens is 2. The van der Waals surface area contributed by atoms with Crippen LogP contribution in [-0.2, 0) is 21.0 Å². The number of nitrogens with one attached hydrogen (secondary N) is 1. The Bertz CT molecular complexity index is 442. The summed E-state index contributed by atoms with van der Waals surface area (Å²) in [5.41, 5.74) is 6.46. The lowest BCUT2D eigenvalue weighted by Crippen LogP contribution is -2.31. The Kier molecular flexibility index (Phi) is 4.11. The molecule has 17 heavy (non-hydrogen) atoms. The van der Waals surface area contributed by atoms with Crippen LogP contribution in [0.5, 0.6) is 0 Å². The SMILES string of the molecule is NC(=O)CONC(=O)Cn1cc([N+](=O)[O-])cn1. The molecule has 10 nitrogen and oxygen atoms in total. The van der Waals surface area contributed by atoms with Gasteiger partial charge in [0.2, 0.25) is 5.91 Å². The average Bonchev–Trinajstić information content (AvgIpc) is 2.65. The van der Waals surface area contributed by atoms with Gasteiger partial charge in [0.15, 0.2) is 6.61 Å². The molecule has 2 amide bonds. The summed E-state index contributed by atoms with van der Waals surface area (Å²) in [6, 6.07) is 0. The molecule has 1 heterocycles. The number of hydrogen-bond donors (Lipinski definition) is 2. The molecule has 1 rings (SSSR count). The van der Waals surface area contributed by atoms with Crippen molar-refractivity contribution in [1.82, 2.24) is 15.3 Å². The molecule has 1 aromatic rings. The van der Waals surface area contributed by atoms with E-state index in [-0.39, 0.29) is 12.2 Å². The second-order valence-corrected chi connectivity index (χ2v) is 2.93. The van der Waals surface area contributed by atoms with Crippen molar-refractivity contribution in [1.29, 1.82) is 0 Å². The van der Waals surface area contributed by atoms with Gasteiger partial charge in [-0.2, -0.15) is 5.10 Å². The predicted molar refractivity (Wildman–Crippen MR) is 52.2 cm³/mol. The molecule has 0 aliphatic carbocycles. The van der Waals surface area contributed by atoms with Crippen molar-refractivity contribution in [3.8, 4) is 0 Å². The maximum absolute atomic E-state index is 11.2. The summed E-state index contributed by atoms with van der Waals surface area (Å²) in [4.78, 5) is 35.5. The third-order valence-electron chi connectivity index (χ3n) is 1.54. The van der Waals surface area contributed by atoms with E-state index >= 15 is 0 Å². The molecule has 10 heteroatoms. The van der Waals surface area contributed by atoms with E-state index in [2.05, 4.69) is 9.94 Å². The van der Waals surface area contributed by atoms with Crippen molar-refractivity contribution >= 4 is 17.5 Å². The minimum absolute atomic E-state index is 0.226. The molecular weight excluding hydrogens is 234 g/mol. The quantitative estimate of drug-likeness (QED) is 0.451. The van der Waals surface area contributed by atoms with E-state index < -0.39 is 23.3 Å². The maximum Gasteiger partial charge on any atom is 0.307 e. The topological polar surface area (TPSA) is 142 Å². The van der Waals surface area contributed by atoms with Crippen molar-refractivity contribution in [2.75, 3.05) is 6.61 Å². The van der Waals surface area contributed by atoms with E-state index in [1.165, 1.54) is 0 Å². The molecule has 3 N–H and O–H groups in total. The van der Waals surface area contributed by atoms with E-state index in [4.69, 9.17) is 5.73 Å². The van der Waals surface area contributed by atoms with Crippen LogP contribution in [0.15, 0.2) is 12.4 Å². The van der Waals surface area contributed by atoms with Gasteiger partial charge in [0.1, 0.15) is 18.9 Å². The molecule has 0 aliphatic heterocycles. The highest BCUT2D eigenvalue weighted by molar-refractivity contribution is 5.76. The Labute approximate surface area is 94.4 Å². The van der Waals surface area contributed by atoms with Crippen LogP contribution in [0, 0.1) is 10.1 Å². The van der Waals surface area contributed by atoms with Gasteiger partial charge in [-0.05, 0) is 0 Å². The summed E-state index contributed by atoms with van der Waals surface area (Å²) < 4.78 is 1.06. The minimum atomic E-state index is -0.736. The number of primary amides is 1. The van der Waals surface area contributed by atoms with Gasteiger partial charge in [0, 0.05) is 0 Å². The molecule has 1 aromatic heterocycles. The zero-order valence-electron chi connectivity index (χ0n) is 8.53. The van der Waals surface area contributed by atoms with Gasteiger partial charge < -0.3 is 5.73 Å². The number of carbonyl (C=O) groups is 2. The Morgan fingerprint density at radius 3 is 2.88 bits per heavy atom. The number of amides is 2. The summed E-state index contributed by atoms with van der Waals surface area (Å²) in [5, 5.41) is 13.9. The van der Waals surface area contributed by atoms with E-state index in [1.54, 1.807) is 0 Å².